The molecule has 4 heterocycles. The van der Waals surface area contributed by atoms with Crippen LogP contribution in [0.3, 0.4) is 0 Å². The predicted molar refractivity (Wildman–Crippen MR) is 148 cm³/mol. The molecule has 0 spiro atoms. The number of morpholine rings is 1. The molecule has 1 aliphatic heterocycles. The van der Waals surface area contributed by atoms with Crippen molar-refractivity contribution in [1.29, 1.82) is 0 Å². The number of ether oxygens (including phenoxy) is 1. The smallest absolute Gasteiger partial charge is 0.379 e. The van der Waals surface area contributed by atoms with Crippen molar-refractivity contribution < 1.29 is 32.6 Å². The average molecular weight is 583 g/mol. The van der Waals surface area contributed by atoms with Gasteiger partial charge in [-0.2, -0.15) is 13.2 Å². The number of alkyl halides is 3. The maximum Gasteiger partial charge on any atom is 0.418 e. The van der Waals surface area contributed by atoms with Crippen molar-refractivity contribution in [2.24, 2.45) is 0 Å². The molecule has 1 atom stereocenters. The fourth-order valence-electron chi connectivity index (χ4n) is 4.44. The first-order chi connectivity index (χ1) is 20.0. The minimum absolute atomic E-state index is 0.103. The molecule has 2 amide bonds. The van der Waals surface area contributed by atoms with Crippen LogP contribution in [-0.4, -0.2) is 80.8 Å². The molecule has 1 aliphatic rings. The lowest BCUT2D eigenvalue weighted by Crippen LogP contribution is -2.51. The molecular weight excluding hydrogens is 553 g/mol. The first-order valence-corrected chi connectivity index (χ1v) is 13.2. The predicted octanol–water partition coefficient (Wildman–Crippen LogP) is 3.58. The first-order valence-electron chi connectivity index (χ1n) is 13.2. The molecule has 0 radical (unpaired) electrons. The van der Waals surface area contributed by atoms with Crippen molar-refractivity contribution in [3.63, 3.8) is 0 Å². The van der Waals surface area contributed by atoms with E-state index in [1.807, 2.05) is 22.7 Å². The summed E-state index contributed by atoms with van der Waals surface area (Å²) in [5, 5.41) is 15.0. The van der Waals surface area contributed by atoms with Crippen LogP contribution in [0.15, 0.2) is 67.3 Å². The zero-order chi connectivity index (χ0) is 29.9. The summed E-state index contributed by atoms with van der Waals surface area (Å²) in [6, 6.07) is 12.4. The van der Waals surface area contributed by atoms with E-state index < -0.39 is 24.2 Å². The molecule has 3 N–H and O–H groups in total. The van der Waals surface area contributed by atoms with Gasteiger partial charge in [-0.25, -0.2) is 9.97 Å². The first kappa shape index (κ1) is 29.0. The van der Waals surface area contributed by atoms with E-state index in [1.165, 1.54) is 6.20 Å². The number of anilines is 2. The highest BCUT2D eigenvalue weighted by atomic mass is 19.4. The van der Waals surface area contributed by atoms with Crippen molar-refractivity contribution in [2.45, 2.75) is 25.1 Å². The summed E-state index contributed by atoms with van der Waals surface area (Å²) in [6.07, 6.45) is 1.79. The second-order valence-electron chi connectivity index (χ2n) is 10.2. The third kappa shape index (κ3) is 6.52. The number of amides is 2. The summed E-state index contributed by atoms with van der Waals surface area (Å²) in [7, 11) is 0. The molecule has 3 aromatic heterocycles. The van der Waals surface area contributed by atoms with Crippen LogP contribution < -0.4 is 10.6 Å². The van der Waals surface area contributed by atoms with Crippen LogP contribution in [0.4, 0.5) is 24.7 Å². The van der Waals surface area contributed by atoms with Crippen molar-refractivity contribution >= 4 is 29.0 Å². The van der Waals surface area contributed by atoms with Gasteiger partial charge in [0.25, 0.3) is 5.91 Å². The zero-order valence-corrected chi connectivity index (χ0v) is 22.7. The zero-order valence-electron chi connectivity index (χ0n) is 22.7. The number of nitrogens with one attached hydrogen (secondary N) is 2. The van der Waals surface area contributed by atoms with Gasteiger partial charge in [0, 0.05) is 43.4 Å². The van der Waals surface area contributed by atoms with Gasteiger partial charge in [-0.1, -0.05) is 24.3 Å². The van der Waals surface area contributed by atoms with Gasteiger partial charge in [0.05, 0.1) is 37.4 Å². The standard InChI is InChI=1S/C29H29F3N6O4/c1-28(41,29(30,31)32)18-35-25(39)14-19-3-2-4-20(13-19)22-15-23(26-33-7-8-38(26)17-22)36-24-6-5-21(16-34-24)27(40)37-9-11-42-12-10-37/h2-8,13,15-17,41H,9-12,14,18H2,1H3,(H,34,36)(H,35,39). The lowest BCUT2D eigenvalue weighted by atomic mass is 10.0. The van der Waals surface area contributed by atoms with Crippen molar-refractivity contribution in [3.8, 4) is 11.1 Å². The maximum absolute atomic E-state index is 12.9. The number of hydrogen-bond donors (Lipinski definition) is 3. The highest BCUT2D eigenvalue weighted by molar-refractivity contribution is 5.94. The Bertz CT molecular complexity index is 1580. The molecule has 0 aliphatic carbocycles. The van der Waals surface area contributed by atoms with Crippen molar-refractivity contribution in [2.75, 3.05) is 38.2 Å². The number of rotatable bonds is 8. The van der Waals surface area contributed by atoms with Gasteiger partial charge in [0.2, 0.25) is 5.91 Å². The van der Waals surface area contributed by atoms with E-state index in [4.69, 9.17) is 4.74 Å². The van der Waals surface area contributed by atoms with Gasteiger partial charge in [-0.05, 0) is 36.2 Å². The molecule has 4 aromatic rings. The summed E-state index contributed by atoms with van der Waals surface area (Å²) >= 11 is 0. The Kier molecular flexibility index (Phi) is 8.14. The van der Waals surface area contributed by atoms with Crippen LogP contribution in [0, 0.1) is 0 Å². The monoisotopic (exact) mass is 582 g/mol. The Hall–Kier alpha value is -4.49. The molecule has 0 bridgehead atoms. The topological polar surface area (TPSA) is 121 Å². The summed E-state index contributed by atoms with van der Waals surface area (Å²) in [4.78, 5) is 35.6. The second kappa shape index (κ2) is 11.8. The summed E-state index contributed by atoms with van der Waals surface area (Å²) < 4.78 is 45.8. The lowest BCUT2D eigenvalue weighted by molar-refractivity contribution is -0.250. The van der Waals surface area contributed by atoms with Crippen LogP contribution in [-0.2, 0) is 16.0 Å². The molecule has 42 heavy (non-hydrogen) atoms. The largest absolute Gasteiger partial charge is 0.418 e. The van der Waals surface area contributed by atoms with Crippen LogP contribution in [0.1, 0.15) is 22.8 Å². The van der Waals surface area contributed by atoms with Crippen molar-refractivity contribution in [1.82, 2.24) is 24.6 Å². The average Bonchev–Trinajstić information content (AvgIpc) is 3.46. The van der Waals surface area contributed by atoms with E-state index in [0.717, 1.165) is 11.1 Å². The lowest BCUT2D eigenvalue weighted by Gasteiger charge is -2.26. The van der Waals surface area contributed by atoms with Gasteiger partial charge < -0.3 is 29.8 Å². The van der Waals surface area contributed by atoms with E-state index in [0.29, 0.717) is 61.5 Å². The van der Waals surface area contributed by atoms with E-state index in [1.54, 1.807) is 47.6 Å². The second-order valence-corrected chi connectivity index (χ2v) is 10.2. The molecule has 0 saturated carbocycles. The number of hydrogen-bond acceptors (Lipinski definition) is 7. The van der Waals surface area contributed by atoms with Crippen LogP contribution in [0.2, 0.25) is 0 Å². The van der Waals surface area contributed by atoms with Gasteiger partial charge >= 0.3 is 6.18 Å². The molecule has 13 heteroatoms. The Morgan fingerprint density at radius 1 is 1.07 bits per heavy atom. The number of carbonyl (C=O) groups excluding carboxylic acids is 2. The number of fused-ring (bicyclic) bond motifs is 1. The third-order valence-corrected chi connectivity index (χ3v) is 6.92. The molecule has 5 rings (SSSR count). The molecule has 220 valence electrons. The fourth-order valence-corrected chi connectivity index (χ4v) is 4.44. The molecule has 1 fully saturated rings. The van der Waals surface area contributed by atoms with E-state index in [9.17, 15) is 27.9 Å². The Morgan fingerprint density at radius 2 is 1.86 bits per heavy atom. The number of halogens is 3. The van der Waals surface area contributed by atoms with Crippen LogP contribution >= 0.6 is 0 Å². The number of aromatic nitrogens is 3. The number of benzene rings is 1. The summed E-state index contributed by atoms with van der Waals surface area (Å²) in [6.45, 7) is 1.76. The Labute approximate surface area is 239 Å². The fraction of sp³-hybridized carbons (Fsp3) is 0.310. The number of carbonyl (C=O) groups is 2. The number of aliphatic hydroxyl groups is 1. The van der Waals surface area contributed by atoms with Gasteiger partial charge in [-0.3, -0.25) is 9.59 Å². The summed E-state index contributed by atoms with van der Waals surface area (Å²) in [5.41, 5.74) is 0.867. The van der Waals surface area contributed by atoms with Gasteiger partial charge in [0.1, 0.15) is 5.82 Å². The summed E-state index contributed by atoms with van der Waals surface area (Å²) in [5.74, 6) is -0.240. The van der Waals surface area contributed by atoms with Gasteiger partial charge in [-0.15, -0.1) is 0 Å². The molecule has 1 saturated heterocycles. The van der Waals surface area contributed by atoms with Crippen molar-refractivity contribution in [3.05, 3.63) is 78.4 Å². The molecule has 10 nitrogen and oxygen atoms in total. The quantitative estimate of drug-likeness (QED) is 0.290. The number of pyridine rings is 2. The SMILES string of the molecule is CC(O)(CNC(=O)Cc1cccc(-c2cc(Nc3ccc(C(=O)N4CCOCC4)cn3)c3nccn3c2)c1)C(F)(F)F. The minimum Gasteiger partial charge on any atom is -0.379 e. The van der Waals surface area contributed by atoms with E-state index in [2.05, 4.69) is 20.6 Å². The van der Waals surface area contributed by atoms with Crippen LogP contribution in [0.25, 0.3) is 16.8 Å². The minimum atomic E-state index is -4.87. The number of nitrogens with zero attached hydrogens (tertiary/aromatic N) is 4. The van der Waals surface area contributed by atoms with Gasteiger partial charge in [0.15, 0.2) is 11.2 Å². The van der Waals surface area contributed by atoms with Crippen LogP contribution in [0.5, 0.6) is 0 Å². The van der Waals surface area contributed by atoms with E-state index >= 15 is 0 Å². The van der Waals surface area contributed by atoms with E-state index in [-0.39, 0.29) is 12.3 Å². The number of imidazole rings is 1. The molecule has 1 unspecified atom stereocenters. The molecular formula is C29H29F3N6O4. The maximum atomic E-state index is 12.9. The Morgan fingerprint density at radius 3 is 2.57 bits per heavy atom. The molecule has 1 aromatic carbocycles. The third-order valence-electron chi connectivity index (χ3n) is 6.92. The highest BCUT2D eigenvalue weighted by Gasteiger charge is 2.49. The Balaban J connectivity index is 1.32. The highest BCUT2D eigenvalue weighted by Crippen LogP contribution is 2.30. The normalized spacial score (nSPS) is 15.3.